The minimum atomic E-state index is 0. The van der Waals surface area contributed by atoms with Crippen LogP contribution in [0, 0.1) is 0 Å². The monoisotopic (exact) mass is 206 g/mol. The topological polar surface area (TPSA) is 60.0 Å². The molecule has 2 radical (unpaired) electrons. The van der Waals surface area contributed by atoms with Gasteiger partial charge in [0.05, 0.1) is 0 Å². The summed E-state index contributed by atoms with van der Waals surface area (Å²) in [7, 11) is 0. The van der Waals surface area contributed by atoms with Crippen molar-refractivity contribution in [3.05, 3.63) is 0 Å². The SMILES string of the molecule is [Co].[Mn+2].[Ni].[OH-].[OH-]. The van der Waals surface area contributed by atoms with Crippen molar-refractivity contribution in [1.29, 1.82) is 0 Å². The van der Waals surface area contributed by atoms with Gasteiger partial charge in [0.15, 0.2) is 0 Å². The summed E-state index contributed by atoms with van der Waals surface area (Å²) in [6.07, 6.45) is 0. The van der Waals surface area contributed by atoms with Crippen molar-refractivity contribution in [2.45, 2.75) is 0 Å². The van der Waals surface area contributed by atoms with Crippen LogP contribution in [-0.4, -0.2) is 11.0 Å². The third kappa shape index (κ3) is 31.1. The van der Waals surface area contributed by atoms with Gasteiger partial charge in [-0.05, 0) is 0 Å². The predicted molar refractivity (Wildman–Crippen MR) is 3.87 cm³/mol. The Morgan fingerprint density at radius 3 is 0.800 bits per heavy atom. The molecule has 0 rings (SSSR count). The summed E-state index contributed by atoms with van der Waals surface area (Å²) < 4.78 is 0. The van der Waals surface area contributed by atoms with Crippen molar-refractivity contribution in [3.8, 4) is 0 Å². The zero-order chi connectivity index (χ0) is 0. The van der Waals surface area contributed by atoms with Crippen LogP contribution in [0.4, 0.5) is 0 Å². The standard InChI is InChI=1S/Co.Mn.Ni.2H2O/h;;;2*1H2/q;+2;;;/p-2. The van der Waals surface area contributed by atoms with Crippen LogP contribution in [0.3, 0.4) is 0 Å². The Bertz CT molecular complexity index is 9.61. The molecule has 0 atom stereocenters. The molecule has 0 fully saturated rings. The fourth-order valence-corrected chi connectivity index (χ4v) is 0. The average Bonchev–Trinajstić information content (AvgIpc) is 0. The summed E-state index contributed by atoms with van der Waals surface area (Å²) in [5.41, 5.74) is 0. The molecular formula is H2CoMnNiO2. The van der Waals surface area contributed by atoms with E-state index in [0.29, 0.717) is 0 Å². The number of hydrogen-bond donors (Lipinski definition) is 0. The smallest absolute Gasteiger partial charge is 0.870 e. The maximum absolute atomic E-state index is 0. The van der Waals surface area contributed by atoms with Crippen molar-refractivity contribution in [2.24, 2.45) is 0 Å². The normalized spacial score (nSPS) is 0. The Kier molecular flexibility index (Phi) is 951. The first-order chi connectivity index (χ1) is 0. The maximum atomic E-state index is 0. The van der Waals surface area contributed by atoms with E-state index in [1.165, 1.54) is 0 Å². The Morgan fingerprint density at radius 1 is 0.800 bits per heavy atom. The molecule has 0 heterocycles. The van der Waals surface area contributed by atoms with Crippen molar-refractivity contribution < 1.29 is 61.3 Å². The minimum Gasteiger partial charge on any atom is -0.870 e. The third-order valence-electron chi connectivity index (χ3n) is 0. The molecule has 0 aromatic carbocycles. The Hall–Kier alpha value is 1.44. The molecule has 0 spiro atoms. The van der Waals surface area contributed by atoms with Crippen molar-refractivity contribution >= 4 is 0 Å². The molecule has 0 aromatic heterocycles. The summed E-state index contributed by atoms with van der Waals surface area (Å²) in [4.78, 5) is 0. The second kappa shape index (κ2) is 51.7. The molecule has 5 heavy (non-hydrogen) atoms. The Morgan fingerprint density at radius 2 is 0.800 bits per heavy atom. The first-order valence-electron chi connectivity index (χ1n) is 0. The molecular weight excluding hydrogens is 205 g/mol. The molecule has 2 nitrogen and oxygen atoms in total. The largest absolute Gasteiger partial charge is 2.00 e. The molecule has 2 N–H and O–H groups in total. The van der Waals surface area contributed by atoms with Crippen molar-refractivity contribution in [2.75, 3.05) is 0 Å². The van der Waals surface area contributed by atoms with Crippen LogP contribution in [-0.2, 0) is 50.3 Å². The van der Waals surface area contributed by atoms with Crippen LogP contribution < -0.4 is 0 Å². The van der Waals surface area contributed by atoms with E-state index in [2.05, 4.69) is 0 Å². The van der Waals surface area contributed by atoms with Gasteiger partial charge < -0.3 is 11.0 Å². The van der Waals surface area contributed by atoms with E-state index in [1.807, 2.05) is 0 Å². The Labute approximate surface area is 61.3 Å². The van der Waals surface area contributed by atoms with Crippen LogP contribution in [0.2, 0.25) is 0 Å². The molecule has 0 saturated heterocycles. The van der Waals surface area contributed by atoms with E-state index >= 15 is 0 Å². The zero-order valence-corrected chi connectivity index (χ0v) is 5.13. The van der Waals surface area contributed by atoms with E-state index in [4.69, 9.17) is 0 Å². The molecule has 0 bridgehead atoms. The molecule has 0 saturated carbocycles. The van der Waals surface area contributed by atoms with Crippen LogP contribution >= 0.6 is 0 Å². The third-order valence-corrected chi connectivity index (χ3v) is 0. The molecule has 0 aromatic rings. The van der Waals surface area contributed by atoms with Crippen molar-refractivity contribution in [3.63, 3.8) is 0 Å². The van der Waals surface area contributed by atoms with E-state index in [-0.39, 0.29) is 61.3 Å². The van der Waals surface area contributed by atoms with E-state index < -0.39 is 0 Å². The summed E-state index contributed by atoms with van der Waals surface area (Å²) in [6.45, 7) is 0. The quantitative estimate of drug-likeness (QED) is 0.508. The fraction of sp³-hybridized carbons (Fsp3) is 0. The van der Waals surface area contributed by atoms with Crippen molar-refractivity contribution in [1.82, 2.24) is 0 Å². The van der Waals surface area contributed by atoms with Gasteiger partial charge in [0.2, 0.25) is 0 Å². The second-order valence-corrected chi connectivity index (χ2v) is 0. The molecule has 40 valence electrons. The van der Waals surface area contributed by atoms with Crippen LogP contribution in [0.5, 0.6) is 0 Å². The van der Waals surface area contributed by atoms with Gasteiger partial charge >= 0.3 is 17.1 Å². The van der Waals surface area contributed by atoms with Crippen LogP contribution in [0.25, 0.3) is 0 Å². The number of rotatable bonds is 0. The van der Waals surface area contributed by atoms with Gasteiger partial charge in [-0.25, -0.2) is 0 Å². The first kappa shape index (κ1) is 92.0. The van der Waals surface area contributed by atoms with Gasteiger partial charge in [-0.15, -0.1) is 0 Å². The average molecular weight is 207 g/mol. The number of hydrogen-bond acceptors (Lipinski definition) is 2. The molecule has 0 aliphatic rings. The van der Waals surface area contributed by atoms with E-state index in [0.717, 1.165) is 0 Å². The van der Waals surface area contributed by atoms with Gasteiger partial charge in [0.1, 0.15) is 0 Å². The summed E-state index contributed by atoms with van der Waals surface area (Å²) in [5.74, 6) is 0. The summed E-state index contributed by atoms with van der Waals surface area (Å²) in [6, 6.07) is 0. The van der Waals surface area contributed by atoms with Gasteiger partial charge in [-0.3, -0.25) is 0 Å². The van der Waals surface area contributed by atoms with E-state index in [1.54, 1.807) is 0 Å². The maximum Gasteiger partial charge on any atom is 2.00 e. The molecule has 0 amide bonds. The summed E-state index contributed by atoms with van der Waals surface area (Å²) >= 11 is 0. The van der Waals surface area contributed by atoms with E-state index in [9.17, 15) is 0 Å². The predicted octanol–water partition coefficient (Wildman–Crippen LogP) is -0.361. The van der Waals surface area contributed by atoms with Gasteiger partial charge in [0, 0.05) is 33.3 Å². The molecule has 5 heteroatoms. The molecule has 0 unspecified atom stereocenters. The minimum absolute atomic E-state index is 0. The fourth-order valence-electron chi connectivity index (χ4n) is 0. The molecule has 0 aliphatic carbocycles. The van der Waals surface area contributed by atoms with Gasteiger partial charge in [-0.2, -0.15) is 0 Å². The summed E-state index contributed by atoms with van der Waals surface area (Å²) in [5, 5.41) is 0. The zero-order valence-electron chi connectivity index (χ0n) is 1.92. The van der Waals surface area contributed by atoms with Gasteiger partial charge in [0.25, 0.3) is 0 Å². The first-order valence-corrected chi connectivity index (χ1v) is 0. The van der Waals surface area contributed by atoms with Gasteiger partial charge in [-0.1, -0.05) is 0 Å². The molecule has 0 aliphatic heterocycles. The van der Waals surface area contributed by atoms with Crippen LogP contribution in [0.15, 0.2) is 0 Å². The Balaban J connectivity index is 0. The van der Waals surface area contributed by atoms with Crippen LogP contribution in [0.1, 0.15) is 0 Å². The second-order valence-electron chi connectivity index (χ2n) is 0.